The predicted octanol–water partition coefficient (Wildman–Crippen LogP) is 3.70. The van der Waals surface area contributed by atoms with Gasteiger partial charge in [0, 0.05) is 16.4 Å². The maximum atomic E-state index is 11.9. The lowest BCUT2D eigenvalue weighted by Crippen LogP contribution is -2.29. The quantitative estimate of drug-likeness (QED) is 0.839. The molecule has 2 amide bonds. The van der Waals surface area contributed by atoms with Gasteiger partial charge in [0.05, 0.1) is 6.10 Å². The predicted molar refractivity (Wildman–Crippen MR) is 90.9 cm³/mol. The highest BCUT2D eigenvalue weighted by Crippen LogP contribution is 2.17. The summed E-state index contributed by atoms with van der Waals surface area (Å²) in [5.74, 6) is -0.809. The van der Waals surface area contributed by atoms with E-state index in [-0.39, 0.29) is 6.10 Å². The lowest BCUT2D eigenvalue weighted by molar-refractivity contribution is -0.132. The molecule has 2 rings (SSSR count). The van der Waals surface area contributed by atoms with Crippen LogP contribution in [0.5, 0.6) is 5.75 Å². The van der Waals surface area contributed by atoms with Crippen LogP contribution >= 0.6 is 11.6 Å². The Morgan fingerprint density at radius 3 is 1.74 bits per heavy atom. The summed E-state index contributed by atoms with van der Waals surface area (Å²) in [6.07, 6.45) is 0.0700. The third kappa shape index (κ3) is 5.30. The Labute approximate surface area is 139 Å². The van der Waals surface area contributed by atoms with Gasteiger partial charge in [-0.1, -0.05) is 11.6 Å². The van der Waals surface area contributed by atoms with E-state index in [1.54, 1.807) is 48.5 Å². The summed E-state index contributed by atoms with van der Waals surface area (Å²) in [5.41, 5.74) is 1.01. The molecule has 0 aliphatic heterocycles. The molecule has 2 aromatic rings. The number of benzene rings is 2. The van der Waals surface area contributed by atoms with Crippen molar-refractivity contribution in [2.45, 2.75) is 20.0 Å². The summed E-state index contributed by atoms with van der Waals surface area (Å²) in [6, 6.07) is 13.3. The topological polar surface area (TPSA) is 67.4 Å². The minimum atomic E-state index is -0.755. The fourth-order valence-corrected chi connectivity index (χ4v) is 1.92. The molecular weight excluding hydrogens is 316 g/mol. The summed E-state index contributed by atoms with van der Waals surface area (Å²) in [4.78, 5) is 23.7. The molecule has 2 N–H and O–H groups in total. The molecule has 0 aliphatic carbocycles. The van der Waals surface area contributed by atoms with E-state index in [0.717, 1.165) is 0 Å². The molecule has 6 heteroatoms. The molecule has 0 aliphatic rings. The first-order valence-corrected chi connectivity index (χ1v) is 7.46. The zero-order chi connectivity index (χ0) is 16.8. The monoisotopic (exact) mass is 332 g/mol. The Morgan fingerprint density at radius 1 is 0.870 bits per heavy atom. The van der Waals surface area contributed by atoms with Crippen molar-refractivity contribution in [2.24, 2.45) is 0 Å². The van der Waals surface area contributed by atoms with Gasteiger partial charge in [0.25, 0.3) is 0 Å². The molecule has 0 spiro atoms. The second-order valence-electron chi connectivity index (χ2n) is 5.11. The van der Waals surface area contributed by atoms with Gasteiger partial charge in [0.1, 0.15) is 5.75 Å². The standard InChI is InChI=1S/C17H17ClN2O3/c1-11(2)23-15-9-7-14(8-10-15)20-17(22)16(21)19-13-5-3-12(18)4-6-13/h3-11H,1-2H3,(H,19,21)(H,20,22). The molecule has 0 saturated heterocycles. The van der Waals surface area contributed by atoms with Gasteiger partial charge in [-0.25, -0.2) is 0 Å². The van der Waals surface area contributed by atoms with Crippen LogP contribution in [0.15, 0.2) is 48.5 Å². The number of anilines is 2. The van der Waals surface area contributed by atoms with Crippen LogP contribution in [-0.4, -0.2) is 17.9 Å². The van der Waals surface area contributed by atoms with E-state index in [4.69, 9.17) is 16.3 Å². The smallest absolute Gasteiger partial charge is 0.314 e. The number of hydrogen-bond donors (Lipinski definition) is 2. The molecule has 0 aromatic heterocycles. The maximum Gasteiger partial charge on any atom is 0.314 e. The summed E-state index contributed by atoms with van der Waals surface area (Å²) in [7, 11) is 0. The number of ether oxygens (including phenoxy) is 1. The Balaban J connectivity index is 1.92. The second-order valence-corrected chi connectivity index (χ2v) is 5.54. The lowest BCUT2D eigenvalue weighted by Gasteiger charge is -2.10. The minimum Gasteiger partial charge on any atom is -0.491 e. The van der Waals surface area contributed by atoms with Gasteiger partial charge < -0.3 is 15.4 Å². The Kier molecular flexibility index (Phi) is 5.60. The number of carbonyl (C=O) groups excluding carboxylic acids is 2. The van der Waals surface area contributed by atoms with Gasteiger partial charge in [-0.2, -0.15) is 0 Å². The summed E-state index contributed by atoms with van der Waals surface area (Å²) in [5, 5.41) is 5.57. The first kappa shape index (κ1) is 16.8. The number of rotatable bonds is 4. The average Bonchev–Trinajstić information content (AvgIpc) is 2.51. The normalized spacial score (nSPS) is 10.3. The zero-order valence-electron chi connectivity index (χ0n) is 12.8. The minimum absolute atomic E-state index is 0.0700. The molecule has 0 atom stereocenters. The second kappa shape index (κ2) is 7.65. The van der Waals surface area contributed by atoms with Gasteiger partial charge in [-0.3, -0.25) is 9.59 Å². The van der Waals surface area contributed by atoms with Gasteiger partial charge in [0.15, 0.2) is 0 Å². The van der Waals surface area contributed by atoms with E-state index in [1.807, 2.05) is 13.8 Å². The molecule has 0 unspecified atom stereocenters. The molecule has 0 heterocycles. The van der Waals surface area contributed by atoms with Crippen LogP contribution in [-0.2, 0) is 9.59 Å². The third-order valence-electron chi connectivity index (χ3n) is 2.79. The van der Waals surface area contributed by atoms with Crippen molar-refractivity contribution >= 4 is 34.8 Å². The Hall–Kier alpha value is -2.53. The van der Waals surface area contributed by atoms with Crippen LogP contribution in [0.2, 0.25) is 5.02 Å². The number of amides is 2. The summed E-state index contributed by atoms with van der Waals surface area (Å²) < 4.78 is 5.51. The van der Waals surface area contributed by atoms with Crippen molar-refractivity contribution < 1.29 is 14.3 Å². The molecule has 0 radical (unpaired) electrons. The highest BCUT2D eigenvalue weighted by Gasteiger charge is 2.14. The largest absolute Gasteiger partial charge is 0.491 e. The van der Waals surface area contributed by atoms with Crippen molar-refractivity contribution in [2.75, 3.05) is 10.6 Å². The zero-order valence-corrected chi connectivity index (χ0v) is 13.6. The van der Waals surface area contributed by atoms with E-state index < -0.39 is 11.8 Å². The fourth-order valence-electron chi connectivity index (χ4n) is 1.80. The molecule has 23 heavy (non-hydrogen) atoms. The number of carbonyl (C=O) groups is 2. The fraction of sp³-hybridized carbons (Fsp3) is 0.176. The van der Waals surface area contributed by atoms with E-state index in [2.05, 4.69) is 10.6 Å². The van der Waals surface area contributed by atoms with Crippen molar-refractivity contribution in [3.63, 3.8) is 0 Å². The average molecular weight is 333 g/mol. The highest BCUT2D eigenvalue weighted by atomic mass is 35.5. The van der Waals surface area contributed by atoms with E-state index in [0.29, 0.717) is 22.1 Å². The Bertz CT molecular complexity index is 682. The van der Waals surface area contributed by atoms with Crippen LogP contribution in [0.3, 0.4) is 0 Å². The van der Waals surface area contributed by atoms with E-state index in [9.17, 15) is 9.59 Å². The van der Waals surface area contributed by atoms with Crippen LogP contribution in [0, 0.1) is 0 Å². The molecular formula is C17H17ClN2O3. The summed E-state index contributed by atoms with van der Waals surface area (Å²) in [6.45, 7) is 3.85. The number of halogens is 1. The van der Waals surface area contributed by atoms with Gasteiger partial charge >= 0.3 is 11.8 Å². The van der Waals surface area contributed by atoms with E-state index >= 15 is 0 Å². The van der Waals surface area contributed by atoms with Gasteiger partial charge in [0.2, 0.25) is 0 Å². The molecule has 0 fully saturated rings. The number of nitrogens with one attached hydrogen (secondary N) is 2. The highest BCUT2D eigenvalue weighted by molar-refractivity contribution is 6.43. The first-order valence-electron chi connectivity index (χ1n) is 7.08. The molecule has 0 saturated carbocycles. The molecule has 120 valence electrons. The number of hydrogen-bond acceptors (Lipinski definition) is 3. The summed E-state index contributed by atoms with van der Waals surface area (Å²) >= 11 is 5.76. The van der Waals surface area contributed by atoms with Crippen LogP contribution in [0.1, 0.15) is 13.8 Å². The molecule has 5 nitrogen and oxygen atoms in total. The van der Waals surface area contributed by atoms with Crippen LogP contribution in [0.25, 0.3) is 0 Å². The van der Waals surface area contributed by atoms with Crippen molar-refractivity contribution in [3.05, 3.63) is 53.6 Å². The molecule has 2 aromatic carbocycles. The third-order valence-corrected chi connectivity index (χ3v) is 3.04. The lowest BCUT2D eigenvalue weighted by atomic mass is 10.3. The van der Waals surface area contributed by atoms with Crippen molar-refractivity contribution in [1.29, 1.82) is 0 Å². The van der Waals surface area contributed by atoms with Crippen molar-refractivity contribution in [1.82, 2.24) is 0 Å². The first-order chi connectivity index (χ1) is 10.9. The molecule has 0 bridgehead atoms. The maximum absolute atomic E-state index is 11.9. The van der Waals surface area contributed by atoms with E-state index in [1.165, 1.54) is 0 Å². The van der Waals surface area contributed by atoms with Gasteiger partial charge in [-0.05, 0) is 62.4 Å². The van der Waals surface area contributed by atoms with Crippen LogP contribution in [0.4, 0.5) is 11.4 Å². The Morgan fingerprint density at radius 2 is 1.30 bits per heavy atom. The van der Waals surface area contributed by atoms with Crippen LogP contribution < -0.4 is 15.4 Å². The van der Waals surface area contributed by atoms with Gasteiger partial charge in [-0.15, -0.1) is 0 Å². The SMILES string of the molecule is CC(C)Oc1ccc(NC(=O)C(=O)Nc2ccc(Cl)cc2)cc1. The van der Waals surface area contributed by atoms with Crippen molar-refractivity contribution in [3.8, 4) is 5.75 Å².